The van der Waals surface area contributed by atoms with E-state index >= 15 is 0 Å². The molecule has 1 aromatic rings. The lowest BCUT2D eigenvalue weighted by atomic mass is 9.95. The zero-order valence-electron chi connectivity index (χ0n) is 11.0. The van der Waals surface area contributed by atoms with Crippen molar-refractivity contribution in [1.82, 2.24) is 9.88 Å². The predicted molar refractivity (Wildman–Crippen MR) is 69.7 cm³/mol. The van der Waals surface area contributed by atoms with Crippen LogP contribution in [-0.4, -0.2) is 34.7 Å². The van der Waals surface area contributed by atoms with E-state index < -0.39 is 0 Å². The number of nitrogens with zero attached hydrogens (tertiary/aromatic N) is 1. The van der Waals surface area contributed by atoms with Gasteiger partial charge < -0.3 is 9.88 Å². The minimum Gasteiger partial charge on any atom is -0.356 e. The molecule has 0 spiro atoms. The van der Waals surface area contributed by atoms with Gasteiger partial charge in [-0.2, -0.15) is 0 Å². The molecule has 0 bridgehead atoms. The number of rotatable bonds is 3. The van der Waals surface area contributed by atoms with E-state index in [1.165, 1.54) is 13.3 Å². The molecular weight excluding hydrogens is 228 g/mol. The average Bonchev–Trinajstić information content (AvgIpc) is 2.87. The maximum absolute atomic E-state index is 12.3. The second kappa shape index (κ2) is 5.38. The third-order valence-corrected chi connectivity index (χ3v) is 3.70. The summed E-state index contributed by atoms with van der Waals surface area (Å²) in [6.07, 6.45) is 5.01. The normalized spacial score (nSPS) is 19.9. The predicted octanol–water partition coefficient (Wildman–Crippen LogP) is 2.48. The Bertz CT molecular complexity index is 450. The molecule has 18 heavy (non-hydrogen) atoms. The Kier molecular flexibility index (Phi) is 3.84. The summed E-state index contributed by atoms with van der Waals surface area (Å²) in [5.41, 5.74) is 1.10. The number of nitrogens with one attached hydrogen (secondary N) is 1. The number of ketones is 1. The molecule has 2 heterocycles. The number of carbonyl (C=O) groups is 2. The Hall–Kier alpha value is -1.58. The topological polar surface area (TPSA) is 53.2 Å². The van der Waals surface area contributed by atoms with Gasteiger partial charge in [-0.1, -0.05) is 13.3 Å². The number of likely N-dealkylation sites (tertiary alicyclic amines) is 1. The Balaban J connectivity index is 2.07. The molecule has 0 radical (unpaired) electrons. The van der Waals surface area contributed by atoms with Gasteiger partial charge in [0.05, 0.1) is 0 Å². The molecule has 4 heteroatoms. The third kappa shape index (κ3) is 2.63. The lowest BCUT2D eigenvalue weighted by Gasteiger charge is -2.32. The molecule has 1 N–H and O–H groups in total. The third-order valence-electron chi connectivity index (χ3n) is 3.70. The first-order chi connectivity index (χ1) is 8.61. The van der Waals surface area contributed by atoms with Crippen LogP contribution in [0.2, 0.25) is 0 Å². The van der Waals surface area contributed by atoms with Crippen LogP contribution in [0.4, 0.5) is 0 Å². The van der Waals surface area contributed by atoms with E-state index in [0.717, 1.165) is 25.9 Å². The second-order valence-electron chi connectivity index (χ2n) is 5.03. The van der Waals surface area contributed by atoms with E-state index in [4.69, 9.17) is 0 Å². The minimum atomic E-state index is -0.0182. The van der Waals surface area contributed by atoms with Crippen LogP contribution < -0.4 is 0 Å². The van der Waals surface area contributed by atoms with E-state index in [-0.39, 0.29) is 11.7 Å². The van der Waals surface area contributed by atoms with Crippen molar-refractivity contribution >= 4 is 11.7 Å². The number of carbonyl (C=O) groups excluding carboxylic acids is 2. The van der Waals surface area contributed by atoms with Gasteiger partial charge >= 0.3 is 0 Å². The minimum absolute atomic E-state index is 0.0145. The van der Waals surface area contributed by atoms with Crippen LogP contribution in [0.5, 0.6) is 0 Å². The lowest BCUT2D eigenvalue weighted by Crippen LogP contribution is -2.39. The molecule has 1 aliphatic heterocycles. The number of Topliss-reactive ketones (excluding diaryl/α,β-unsaturated/α-hetero) is 1. The number of hydrogen-bond acceptors (Lipinski definition) is 2. The molecule has 2 rings (SSSR count). The van der Waals surface area contributed by atoms with Crippen molar-refractivity contribution in [2.24, 2.45) is 5.92 Å². The molecular formula is C14H20N2O2. The smallest absolute Gasteiger partial charge is 0.270 e. The standard InChI is InChI=1S/C14H20N2O2/c1-3-11-5-4-6-16(9-11)14(18)13-7-12(8-15-13)10(2)17/h7-8,11,15H,3-6,9H2,1-2H3/t11-/m0/s1. The van der Waals surface area contributed by atoms with Gasteiger partial charge in [-0.15, -0.1) is 0 Å². The van der Waals surface area contributed by atoms with Crippen molar-refractivity contribution in [3.8, 4) is 0 Å². The maximum Gasteiger partial charge on any atom is 0.270 e. The summed E-state index contributed by atoms with van der Waals surface area (Å²) in [6, 6.07) is 1.65. The summed E-state index contributed by atoms with van der Waals surface area (Å²) in [4.78, 5) is 28.3. The highest BCUT2D eigenvalue weighted by atomic mass is 16.2. The Morgan fingerprint density at radius 1 is 1.50 bits per heavy atom. The maximum atomic E-state index is 12.3. The quantitative estimate of drug-likeness (QED) is 0.835. The molecule has 0 aromatic carbocycles. The summed E-state index contributed by atoms with van der Waals surface area (Å²) in [5, 5.41) is 0. The molecule has 1 saturated heterocycles. The van der Waals surface area contributed by atoms with E-state index in [2.05, 4.69) is 11.9 Å². The number of amides is 1. The van der Waals surface area contributed by atoms with Gasteiger partial charge in [-0.25, -0.2) is 0 Å². The average molecular weight is 248 g/mol. The van der Waals surface area contributed by atoms with Crippen LogP contribution in [0.15, 0.2) is 12.3 Å². The summed E-state index contributed by atoms with van der Waals surface area (Å²) < 4.78 is 0. The van der Waals surface area contributed by atoms with Gasteiger partial charge in [0.25, 0.3) is 5.91 Å². The largest absolute Gasteiger partial charge is 0.356 e. The molecule has 1 aromatic heterocycles. The number of hydrogen-bond donors (Lipinski definition) is 1. The van der Waals surface area contributed by atoms with Gasteiger partial charge in [-0.3, -0.25) is 9.59 Å². The molecule has 0 unspecified atom stereocenters. The zero-order chi connectivity index (χ0) is 13.1. The highest BCUT2D eigenvalue weighted by Crippen LogP contribution is 2.20. The fraction of sp³-hybridized carbons (Fsp3) is 0.571. The Labute approximate surface area is 107 Å². The first-order valence-electron chi connectivity index (χ1n) is 6.60. The van der Waals surface area contributed by atoms with Crippen molar-refractivity contribution in [2.45, 2.75) is 33.1 Å². The van der Waals surface area contributed by atoms with Crippen LogP contribution >= 0.6 is 0 Å². The van der Waals surface area contributed by atoms with Crippen LogP contribution in [-0.2, 0) is 0 Å². The first-order valence-corrected chi connectivity index (χ1v) is 6.60. The molecule has 1 fully saturated rings. The number of piperidine rings is 1. The number of aromatic amines is 1. The van der Waals surface area contributed by atoms with E-state index in [9.17, 15) is 9.59 Å². The van der Waals surface area contributed by atoms with Crippen molar-refractivity contribution in [3.63, 3.8) is 0 Å². The molecule has 0 aliphatic carbocycles. The number of H-pyrrole nitrogens is 1. The summed E-state index contributed by atoms with van der Waals surface area (Å²) in [7, 11) is 0. The van der Waals surface area contributed by atoms with E-state index in [1.54, 1.807) is 12.3 Å². The van der Waals surface area contributed by atoms with E-state index in [0.29, 0.717) is 17.2 Å². The zero-order valence-corrected chi connectivity index (χ0v) is 11.0. The highest BCUT2D eigenvalue weighted by Gasteiger charge is 2.24. The number of aromatic nitrogens is 1. The van der Waals surface area contributed by atoms with Gasteiger partial charge in [0.15, 0.2) is 5.78 Å². The van der Waals surface area contributed by atoms with Gasteiger partial charge in [0.1, 0.15) is 5.69 Å². The van der Waals surface area contributed by atoms with Crippen LogP contribution in [0.25, 0.3) is 0 Å². The fourth-order valence-electron chi connectivity index (χ4n) is 2.47. The second-order valence-corrected chi connectivity index (χ2v) is 5.03. The fourth-order valence-corrected chi connectivity index (χ4v) is 2.47. The molecule has 4 nitrogen and oxygen atoms in total. The van der Waals surface area contributed by atoms with Gasteiger partial charge in [0.2, 0.25) is 0 Å². The Morgan fingerprint density at radius 2 is 2.28 bits per heavy atom. The molecule has 98 valence electrons. The highest BCUT2D eigenvalue weighted by molar-refractivity contribution is 5.99. The molecule has 0 saturated carbocycles. The van der Waals surface area contributed by atoms with Crippen molar-refractivity contribution < 1.29 is 9.59 Å². The molecule has 1 aliphatic rings. The summed E-state index contributed by atoms with van der Waals surface area (Å²) >= 11 is 0. The summed E-state index contributed by atoms with van der Waals surface area (Å²) in [5.74, 6) is 0.612. The van der Waals surface area contributed by atoms with Crippen molar-refractivity contribution in [2.75, 3.05) is 13.1 Å². The molecule has 1 amide bonds. The van der Waals surface area contributed by atoms with Gasteiger partial charge in [0, 0.05) is 24.8 Å². The Morgan fingerprint density at radius 3 is 2.89 bits per heavy atom. The van der Waals surface area contributed by atoms with Crippen LogP contribution in [0.3, 0.4) is 0 Å². The van der Waals surface area contributed by atoms with Crippen LogP contribution in [0.1, 0.15) is 54.0 Å². The summed E-state index contributed by atoms with van der Waals surface area (Å²) in [6.45, 7) is 5.33. The monoisotopic (exact) mass is 248 g/mol. The van der Waals surface area contributed by atoms with E-state index in [1.807, 2.05) is 4.90 Å². The lowest BCUT2D eigenvalue weighted by molar-refractivity contribution is 0.0666. The van der Waals surface area contributed by atoms with Crippen LogP contribution in [0, 0.1) is 5.92 Å². The molecule has 1 atom stereocenters. The van der Waals surface area contributed by atoms with Crippen molar-refractivity contribution in [3.05, 3.63) is 23.5 Å². The first kappa shape index (κ1) is 12.9. The van der Waals surface area contributed by atoms with Crippen molar-refractivity contribution in [1.29, 1.82) is 0 Å². The van der Waals surface area contributed by atoms with Gasteiger partial charge in [-0.05, 0) is 31.7 Å². The SMILES string of the molecule is CC[C@H]1CCCN(C(=O)c2cc(C(C)=O)c[nH]2)C1.